The number of carbonyl (C=O) groups excluding carboxylic acids is 1. The molecule has 2 aliphatic rings. The van der Waals surface area contributed by atoms with Crippen molar-refractivity contribution in [3.8, 4) is 0 Å². The Hall–Kier alpha value is -0.940. The average molecular weight is 313 g/mol. The third-order valence-corrected chi connectivity index (χ3v) is 4.08. The molecular formula is C13H14BrFN2O. The van der Waals surface area contributed by atoms with Gasteiger partial charge in [0.1, 0.15) is 5.82 Å². The molecule has 96 valence electrons. The normalized spacial score (nSPS) is 23.8. The molecule has 1 aromatic rings. The average Bonchev–Trinajstić information content (AvgIpc) is 3.09. The van der Waals surface area contributed by atoms with Gasteiger partial charge >= 0.3 is 0 Å². The van der Waals surface area contributed by atoms with Crippen molar-refractivity contribution in [1.29, 1.82) is 0 Å². The Balaban J connectivity index is 1.76. The zero-order valence-corrected chi connectivity index (χ0v) is 11.4. The Morgan fingerprint density at radius 3 is 2.78 bits per heavy atom. The van der Waals surface area contributed by atoms with Gasteiger partial charge in [-0.05, 0) is 53.4 Å². The minimum Gasteiger partial charge on any atom is -0.311 e. The zero-order valence-electron chi connectivity index (χ0n) is 9.83. The van der Waals surface area contributed by atoms with Crippen LogP contribution in [0.4, 0.5) is 10.1 Å². The first-order valence-electron chi connectivity index (χ1n) is 6.17. The zero-order chi connectivity index (χ0) is 12.7. The second-order valence-corrected chi connectivity index (χ2v) is 5.72. The molecule has 1 N–H and O–H groups in total. The highest BCUT2D eigenvalue weighted by Gasteiger charge is 2.36. The molecule has 0 spiro atoms. The monoisotopic (exact) mass is 312 g/mol. The van der Waals surface area contributed by atoms with Crippen LogP contribution < -0.4 is 10.2 Å². The third-order valence-electron chi connectivity index (χ3n) is 3.43. The molecular weight excluding hydrogens is 299 g/mol. The minimum atomic E-state index is -0.334. The number of rotatable bonds is 3. The Kier molecular flexibility index (Phi) is 3.11. The Bertz CT molecular complexity index is 490. The highest BCUT2D eigenvalue weighted by atomic mass is 79.9. The van der Waals surface area contributed by atoms with E-state index in [0.717, 1.165) is 19.3 Å². The van der Waals surface area contributed by atoms with Gasteiger partial charge in [0.2, 0.25) is 5.91 Å². The van der Waals surface area contributed by atoms with Crippen LogP contribution in [0.15, 0.2) is 22.7 Å². The van der Waals surface area contributed by atoms with Crippen LogP contribution in [0.1, 0.15) is 19.3 Å². The Morgan fingerprint density at radius 1 is 1.33 bits per heavy atom. The summed E-state index contributed by atoms with van der Waals surface area (Å²) in [5, 5.41) is 3.33. The Labute approximate surface area is 113 Å². The van der Waals surface area contributed by atoms with E-state index in [1.165, 1.54) is 6.07 Å². The van der Waals surface area contributed by atoms with Crippen molar-refractivity contribution in [3.05, 3.63) is 28.5 Å². The predicted molar refractivity (Wildman–Crippen MR) is 71.0 cm³/mol. The molecule has 18 heavy (non-hydrogen) atoms. The molecule has 3 rings (SSSR count). The fraction of sp³-hybridized carbons (Fsp3) is 0.462. The van der Waals surface area contributed by atoms with Gasteiger partial charge in [-0.3, -0.25) is 4.79 Å². The summed E-state index contributed by atoms with van der Waals surface area (Å²) in [6.07, 6.45) is 3.13. The molecule has 5 heteroatoms. The molecule has 1 amide bonds. The standard InChI is InChI=1S/C13H14BrFN2O/c14-10-4-3-9(7-11(10)15)17-6-5-12(13(17)18)16-8-1-2-8/h3-4,7-8,12,16H,1-2,5-6H2. The number of benzene rings is 1. The second-order valence-electron chi connectivity index (χ2n) is 4.87. The van der Waals surface area contributed by atoms with E-state index >= 15 is 0 Å². The van der Waals surface area contributed by atoms with Crippen LogP contribution in [-0.2, 0) is 4.79 Å². The number of hydrogen-bond acceptors (Lipinski definition) is 2. The lowest BCUT2D eigenvalue weighted by Gasteiger charge is -2.17. The molecule has 1 aromatic carbocycles. The maximum atomic E-state index is 13.5. The number of nitrogens with zero attached hydrogens (tertiary/aromatic N) is 1. The Morgan fingerprint density at radius 2 is 2.11 bits per heavy atom. The van der Waals surface area contributed by atoms with Crippen LogP contribution in [0.5, 0.6) is 0 Å². The van der Waals surface area contributed by atoms with Crippen LogP contribution in [0, 0.1) is 5.82 Å². The van der Waals surface area contributed by atoms with Crippen molar-refractivity contribution >= 4 is 27.5 Å². The third kappa shape index (κ3) is 2.29. The SMILES string of the molecule is O=C1C(NC2CC2)CCN1c1ccc(Br)c(F)c1. The van der Waals surface area contributed by atoms with Gasteiger partial charge in [0.25, 0.3) is 0 Å². The van der Waals surface area contributed by atoms with Gasteiger partial charge in [-0.15, -0.1) is 0 Å². The summed E-state index contributed by atoms with van der Waals surface area (Å²) >= 11 is 3.12. The number of hydrogen-bond donors (Lipinski definition) is 1. The fourth-order valence-corrected chi connectivity index (χ4v) is 2.53. The largest absolute Gasteiger partial charge is 0.311 e. The van der Waals surface area contributed by atoms with Crippen molar-refractivity contribution in [2.24, 2.45) is 0 Å². The molecule has 0 aromatic heterocycles. The molecule has 1 saturated carbocycles. The summed E-state index contributed by atoms with van der Waals surface area (Å²) in [5.41, 5.74) is 0.640. The highest BCUT2D eigenvalue weighted by molar-refractivity contribution is 9.10. The number of carbonyl (C=O) groups is 1. The van der Waals surface area contributed by atoms with E-state index in [1.54, 1.807) is 17.0 Å². The summed E-state index contributed by atoms with van der Waals surface area (Å²) in [7, 11) is 0. The number of anilines is 1. The molecule has 1 atom stereocenters. The van der Waals surface area contributed by atoms with Gasteiger partial charge in [0, 0.05) is 18.3 Å². The van der Waals surface area contributed by atoms with E-state index in [-0.39, 0.29) is 17.8 Å². The second kappa shape index (κ2) is 4.63. The van der Waals surface area contributed by atoms with Gasteiger partial charge in [-0.1, -0.05) is 0 Å². The van der Waals surface area contributed by atoms with Crippen LogP contribution in [0.25, 0.3) is 0 Å². The summed E-state index contributed by atoms with van der Waals surface area (Å²) in [6.45, 7) is 0.657. The minimum absolute atomic E-state index is 0.0589. The molecule has 1 aliphatic carbocycles. The fourth-order valence-electron chi connectivity index (χ4n) is 2.28. The molecule has 0 radical (unpaired) electrons. The first kappa shape index (κ1) is 12.1. The first-order valence-corrected chi connectivity index (χ1v) is 6.97. The lowest BCUT2D eigenvalue weighted by Crippen LogP contribution is -2.39. The van der Waals surface area contributed by atoms with E-state index in [2.05, 4.69) is 21.2 Å². The van der Waals surface area contributed by atoms with Crippen molar-refractivity contribution in [3.63, 3.8) is 0 Å². The smallest absolute Gasteiger partial charge is 0.244 e. The van der Waals surface area contributed by atoms with Crippen molar-refractivity contribution in [2.75, 3.05) is 11.4 Å². The van der Waals surface area contributed by atoms with Crippen LogP contribution in [0.2, 0.25) is 0 Å². The van der Waals surface area contributed by atoms with E-state index < -0.39 is 0 Å². The first-order chi connectivity index (χ1) is 8.65. The molecule has 1 saturated heterocycles. The molecule has 0 bridgehead atoms. The summed E-state index contributed by atoms with van der Waals surface area (Å²) in [6, 6.07) is 5.23. The van der Waals surface area contributed by atoms with Gasteiger partial charge in [0.15, 0.2) is 0 Å². The van der Waals surface area contributed by atoms with Gasteiger partial charge in [0.05, 0.1) is 10.5 Å². The lowest BCUT2D eigenvalue weighted by atomic mass is 10.2. The van der Waals surface area contributed by atoms with Gasteiger partial charge in [-0.25, -0.2) is 4.39 Å². The van der Waals surface area contributed by atoms with Crippen LogP contribution >= 0.6 is 15.9 Å². The van der Waals surface area contributed by atoms with E-state index in [0.29, 0.717) is 22.7 Å². The van der Waals surface area contributed by atoms with Gasteiger partial charge < -0.3 is 10.2 Å². The van der Waals surface area contributed by atoms with E-state index in [1.807, 2.05) is 0 Å². The molecule has 2 fully saturated rings. The number of amides is 1. The summed E-state index contributed by atoms with van der Waals surface area (Å²) in [5.74, 6) is -0.275. The number of halogens is 2. The van der Waals surface area contributed by atoms with Crippen molar-refractivity contribution in [1.82, 2.24) is 5.32 Å². The van der Waals surface area contributed by atoms with Crippen LogP contribution in [-0.4, -0.2) is 24.5 Å². The molecule has 1 aliphatic heterocycles. The quantitative estimate of drug-likeness (QED) is 0.930. The van der Waals surface area contributed by atoms with Crippen molar-refractivity contribution < 1.29 is 9.18 Å². The summed E-state index contributed by atoms with van der Waals surface area (Å²) < 4.78 is 13.9. The highest BCUT2D eigenvalue weighted by Crippen LogP contribution is 2.27. The lowest BCUT2D eigenvalue weighted by molar-refractivity contribution is -0.118. The van der Waals surface area contributed by atoms with Crippen LogP contribution in [0.3, 0.4) is 0 Å². The maximum Gasteiger partial charge on any atom is 0.244 e. The topological polar surface area (TPSA) is 32.3 Å². The molecule has 1 heterocycles. The van der Waals surface area contributed by atoms with Crippen molar-refractivity contribution in [2.45, 2.75) is 31.3 Å². The van der Waals surface area contributed by atoms with Gasteiger partial charge in [-0.2, -0.15) is 0 Å². The van der Waals surface area contributed by atoms with E-state index in [9.17, 15) is 9.18 Å². The maximum absolute atomic E-state index is 13.5. The predicted octanol–water partition coefficient (Wildman–Crippen LogP) is 2.45. The molecule has 1 unspecified atom stereocenters. The molecule has 3 nitrogen and oxygen atoms in total. The summed E-state index contributed by atoms with van der Waals surface area (Å²) in [4.78, 5) is 13.9. The number of nitrogens with one attached hydrogen (secondary N) is 1. The van der Waals surface area contributed by atoms with E-state index in [4.69, 9.17) is 0 Å².